The molecule has 2 N–H and O–H groups in total. The highest BCUT2D eigenvalue weighted by atomic mass is 15.0. The first-order valence-corrected chi connectivity index (χ1v) is 4.21. The molecule has 0 saturated heterocycles. The number of aliphatic imine (C=N–C) groups is 1. The molecule has 0 radical (unpaired) electrons. The SMILES string of the molecule is C=C1NC=NC2=C1CNC(C)C2. The summed E-state index contributed by atoms with van der Waals surface area (Å²) in [5.41, 5.74) is 3.40. The van der Waals surface area contributed by atoms with E-state index >= 15 is 0 Å². The van der Waals surface area contributed by atoms with Gasteiger partial charge in [-0.3, -0.25) is 0 Å². The summed E-state index contributed by atoms with van der Waals surface area (Å²) in [6.45, 7) is 6.98. The molecule has 0 saturated carbocycles. The fraction of sp³-hybridized carbons (Fsp3) is 0.444. The summed E-state index contributed by atoms with van der Waals surface area (Å²) in [5.74, 6) is 0. The Kier molecular flexibility index (Phi) is 1.73. The summed E-state index contributed by atoms with van der Waals surface area (Å²) >= 11 is 0. The summed E-state index contributed by atoms with van der Waals surface area (Å²) in [6, 6.07) is 0.534. The van der Waals surface area contributed by atoms with Crippen LogP contribution in [-0.4, -0.2) is 18.9 Å². The maximum Gasteiger partial charge on any atom is 0.0926 e. The highest BCUT2D eigenvalue weighted by Gasteiger charge is 2.20. The summed E-state index contributed by atoms with van der Waals surface area (Å²) in [4.78, 5) is 4.29. The lowest BCUT2D eigenvalue weighted by Gasteiger charge is -2.27. The van der Waals surface area contributed by atoms with Crippen LogP contribution in [0.2, 0.25) is 0 Å². The molecule has 64 valence electrons. The van der Waals surface area contributed by atoms with Crippen molar-refractivity contribution in [3.63, 3.8) is 0 Å². The van der Waals surface area contributed by atoms with Gasteiger partial charge in [-0.15, -0.1) is 0 Å². The highest BCUT2D eigenvalue weighted by Crippen LogP contribution is 2.22. The average Bonchev–Trinajstić information content (AvgIpc) is 2.04. The van der Waals surface area contributed by atoms with Crippen molar-refractivity contribution >= 4 is 6.34 Å². The van der Waals surface area contributed by atoms with Crippen molar-refractivity contribution in [3.8, 4) is 0 Å². The van der Waals surface area contributed by atoms with Gasteiger partial charge in [0, 0.05) is 30.3 Å². The van der Waals surface area contributed by atoms with Gasteiger partial charge in [0.1, 0.15) is 0 Å². The van der Waals surface area contributed by atoms with Gasteiger partial charge >= 0.3 is 0 Å². The van der Waals surface area contributed by atoms with E-state index in [4.69, 9.17) is 0 Å². The minimum atomic E-state index is 0.534. The zero-order chi connectivity index (χ0) is 8.55. The van der Waals surface area contributed by atoms with Crippen LogP contribution in [0.15, 0.2) is 28.5 Å². The fourth-order valence-corrected chi connectivity index (χ4v) is 1.55. The lowest BCUT2D eigenvalue weighted by Crippen LogP contribution is -2.36. The predicted molar refractivity (Wildman–Crippen MR) is 49.9 cm³/mol. The Bertz CT molecular complexity index is 275. The fourth-order valence-electron chi connectivity index (χ4n) is 1.55. The Labute approximate surface area is 72.3 Å². The van der Waals surface area contributed by atoms with Gasteiger partial charge in [0.25, 0.3) is 0 Å². The van der Waals surface area contributed by atoms with E-state index in [0.717, 1.165) is 18.7 Å². The molecule has 0 fully saturated rings. The number of hydrogen-bond acceptors (Lipinski definition) is 3. The van der Waals surface area contributed by atoms with Crippen LogP contribution in [-0.2, 0) is 0 Å². The van der Waals surface area contributed by atoms with E-state index in [0.29, 0.717) is 6.04 Å². The Balaban J connectivity index is 2.30. The lowest BCUT2D eigenvalue weighted by molar-refractivity contribution is 0.534. The topological polar surface area (TPSA) is 36.4 Å². The average molecular weight is 163 g/mol. The van der Waals surface area contributed by atoms with Crippen molar-refractivity contribution in [1.29, 1.82) is 0 Å². The quantitative estimate of drug-likeness (QED) is 0.553. The molecule has 2 heterocycles. The molecule has 0 aromatic carbocycles. The van der Waals surface area contributed by atoms with E-state index in [2.05, 4.69) is 29.1 Å². The third-order valence-corrected chi connectivity index (χ3v) is 2.30. The largest absolute Gasteiger partial charge is 0.347 e. The maximum absolute atomic E-state index is 4.29. The number of rotatable bonds is 0. The molecule has 1 unspecified atom stereocenters. The zero-order valence-electron chi connectivity index (χ0n) is 7.22. The second kappa shape index (κ2) is 2.75. The zero-order valence-corrected chi connectivity index (χ0v) is 7.22. The van der Waals surface area contributed by atoms with Crippen LogP contribution in [0.5, 0.6) is 0 Å². The summed E-state index contributed by atoms with van der Waals surface area (Å²) < 4.78 is 0. The number of nitrogens with zero attached hydrogens (tertiary/aromatic N) is 1. The third kappa shape index (κ3) is 1.16. The molecule has 0 aliphatic carbocycles. The van der Waals surface area contributed by atoms with E-state index in [9.17, 15) is 0 Å². The highest BCUT2D eigenvalue weighted by molar-refractivity contribution is 5.65. The first-order valence-electron chi connectivity index (χ1n) is 4.21. The Hall–Kier alpha value is -1.09. The van der Waals surface area contributed by atoms with Crippen LogP contribution in [0.4, 0.5) is 0 Å². The van der Waals surface area contributed by atoms with E-state index in [1.165, 1.54) is 11.3 Å². The van der Waals surface area contributed by atoms with Gasteiger partial charge in [0.15, 0.2) is 0 Å². The van der Waals surface area contributed by atoms with E-state index in [1.807, 2.05) is 0 Å². The molecule has 2 aliphatic heterocycles. The molecule has 0 aromatic heterocycles. The Morgan fingerprint density at radius 2 is 2.50 bits per heavy atom. The van der Waals surface area contributed by atoms with Gasteiger partial charge in [0.2, 0.25) is 0 Å². The van der Waals surface area contributed by atoms with Gasteiger partial charge in [-0.1, -0.05) is 6.58 Å². The van der Waals surface area contributed by atoms with E-state index in [1.54, 1.807) is 6.34 Å². The second-order valence-electron chi connectivity index (χ2n) is 3.29. The normalized spacial score (nSPS) is 28.4. The van der Waals surface area contributed by atoms with Crippen LogP contribution >= 0.6 is 0 Å². The second-order valence-corrected chi connectivity index (χ2v) is 3.29. The smallest absolute Gasteiger partial charge is 0.0926 e. The van der Waals surface area contributed by atoms with Crippen LogP contribution in [0.25, 0.3) is 0 Å². The first-order chi connectivity index (χ1) is 5.77. The van der Waals surface area contributed by atoms with Crippen molar-refractivity contribution in [2.75, 3.05) is 6.54 Å². The van der Waals surface area contributed by atoms with E-state index in [-0.39, 0.29) is 0 Å². The van der Waals surface area contributed by atoms with Gasteiger partial charge in [-0.25, -0.2) is 4.99 Å². The molecule has 12 heavy (non-hydrogen) atoms. The molecule has 0 bridgehead atoms. The van der Waals surface area contributed by atoms with E-state index < -0.39 is 0 Å². The monoisotopic (exact) mass is 163 g/mol. The van der Waals surface area contributed by atoms with Gasteiger partial charge in [0.05, 0.1) is 12.0 Å². The van der Waals surface area contributed by atoms with Crippen LogP contribution < -0.4 is 10.6 Å². The molecule has 0 spiro atoms. The molecule has 0 aromatic rings. The molecule has 0 amide bonds. The van der Waals surface area contributed by atoms with Gasteiger partial charge in [-0.05, 0) is 6.92 Å². The lowest BCUT2D eigenvalue weighted by atomic mass is 10.00. The molecule has 2 aliphatic rings. The molecular formula is C9H13N3. The Morgan fingerprint density at radius 3 is 3.33 bits per heavy atom. The van der Waals surface area contributed by atoms with Crippen LogP contribution in [0.3, 0.4) is 0 Å². The summed E-state index contributed by atoms with van der Waals surface area (Å²) in [5, 5.41) is 6.39. The molecule has 3 nitrogen and oxygen atoms in total. The van der Waals surface area contributed by atoms with Crippen molar-refractivity contribution in [2.24, 2.45) is 4.99 Å². The number of nitrogens with one attached hydrogen (secondary N) is 2. The van der Waals surface area contributed by atoms with Crippen LogP contribution in [0.1, 0.15) is 13.3 Å². The minimum absolute atomic E-state index is 0.534. The van der Waals surface area contributed by atoms with Crippen molar-refractivity contribution in [3.05, 3.63) is 23.5 Å². The number of hydrogen-bond donors (Lipinski definition) is 2. The van der Waals surface area contributed by atoms with Gasteiger partial charge < -0.3 is 10.6 Å². The maximum atomic E-state index is 4.29. The van der Waals surface area contributed by atoms with Crippen LogP contribution in [0, 0.1) is 0 Å². The third-order valence-electron chi connectivity index (χ3n) is 2.30. The molecule has 1 atom stereocenters. The Morgan fingerprint density at radius 1 is 1.67 bits per heavy atom. The standard InChI is InChI=1S/C9H13N3/c1-6-3-9-8(4-10-6)7(2)11-5-12-9/h5-6,10H,2-4H2,1H3,(H,11,12). The van der Waals surface area contributed by atoms with Crippen molar-refractivity contribution < 1.29 is 0 Å². The first kappa shape index (κ1) is 7.55. The molecular weight excluding hydrogens is 150 g/mol. The molecule has 2 rings (SSSR count). The minimum Gasteiger partial charge on any atom is -0.347 e. The molecule has 3 heteroatoms. The predicted octanol–water partition coefficient (Wildman–Crippen LogP) is 0.767. The van der Waals surface area contributed by atoms with Crippen molar-refractivity contribution in [1.82, 2.24) is 10.6 Å². The summed E-state index contributed by atoms with van der Waals surface area (Å²) in [7, 11) is 0. The summed E-state index contributed by atoms with van der Waals surface area (Å²) in [6.07, 6.45) is 2.73. The van der Waals surface area contributed by atoms with Crippen molar-refractivity contribution in [2.45, 2.75) is 19.4 Å². The van der Waals surface area contributed by atoms with Gasteiger partial charge in [-0.2, -0.15) is 0 Å².